The Morgan fingerprint density at radius 2 is 1.91 bits per heavy atom. The highest BCUT2D eigenvalue weighted by atomic mass is 32.1. The van der Waals surface area contributed by atoms with E-state index in [2.05, 4.69) is 12.6 Å². The van der Waals surface area contributed by atoms with E-state index in [0.29, 0.717) is 5.75 Å². The summed E-state index contributed by atoms with van der Waals surface area (Å²) in [4.78, 5) is 0. The molecule has 0 aliphatic rings. The van der Waals surface area contributed by atoms with Crippen molar-refractivity contribution >= 4 is 12.6 Å². The van der Waals surface area contributed by atoms with Crippen LogP contribution in [-0.4, -0.2) is 5.75 Å². The molecule has 0 spiro atoms. The second kappa shape index (κ2) is 3.28. The molecule has 60 valence electrons. The van der Waals surface area contributed by atoms with Gasteiger partial charge in [0.05, 0.1) is 0 Å². The Hall–Kier alpha value is -0.470. The molecule has 1 unspecified atom stereocenters. The first-order valence-electron chi connectivity index (χ1n) is 3.62. The van der Waals surface area contributed by atoms with E-state index in [-0.39, 0.29) is 5.54 Å². The van der Waals surface area contributed by atoms with E-state index in [9.17, 15) is 0 Å². The molecule has 2 heteroatoms. The zero-order valence-electron chi connectivity index (χ0n) is 6.62. The number of benzene rings is 1. The zero-order valence-corrected chi connectivity index (χ0v) is 7.51. The van der Waals surface area contributed by atoms with E-state index in [1.54, 1.807) is 0 Å². The van der Waals surface area contributed by atoms with Crippen LogP contribution in [0.4, 0.5) is 0 Å². The van der Waals surface area contributed by atoms with E-state index >= 15 is 0 Å². The second-order valence-electron chi connectivity index (χ2n) is 2.94. The SMILES string of the molecule is CC(N)(CS)c1ccccc1. The van der Waals surface area contributed by atoms with Crippen molar-refractivity contribution in [3.63, 3.8) is 0 Å². The van der Waals surface area contributed by atoms with Crippen molar-refractivity contribution in [1.82, 2.24) is 0 Å². The van der Waals surface area contributed by atoms with E-state index in [1.807, 2.05) is 37.3 Å². The fourth-order valence-electron chi connectivity index (χ4n) is 0.910. The summed E-state index contributed by atoms with van der Waals surface area (Å²) >= 11 is 4.19. The van der Waals surface area contributed by atoms with Crippen LogP contribution in [0.1, 0.15) is 12.5 Å². The molecule has 0 aromatic heterocycles. The van der Waals surface area contributed by atoms with Gasteiger partial charge in [-0.15, -0.1) is 0 Å². The van der Waals surface area contributed by atoms with Crippen LogP contribution < -0.4 is 5.73 Å². The lowest BCUT2D eigenvalue weighted by Gasteiger charge is -2.22. The Kier molecular flexibility index (Phi) is 2.58. The molecule has 1 rings (SSSR count). The van der Waals surface area contributed by atoms with Gasteiger partial charge < -0.3 is 5.73 Å². The van der Waals surface area contributed by atoms with Crippen LogP contribution in [0.2, 0.25) is 0 Å². The van der Waals surface area contributed by atoms with Crippen molar-refractivity contribution in [2.45, 2.75) is 12.5 Å². The van der Waals surface area contributed by atoms with Gasteiger partial charge in [0.1, 0.15) is 0 Å². The van der Waals surface area contributed by atoms with Crippen molar-refractivity contribution in [1.29, 1.82) is 0 Å². The van der Waals surface area contributed by atoms with Gasteiger partial charge in [0.15, 0.2) is 0 Å². The fraction of sp³-hybridized carbons (Fsp3) is 0.333. The fourth-order valence-corrected chi connectivity index (χ4v) is 1.09. The monoisotopic (exact) mass is 167 g/mol. The molecule has 0 aliphatic heterocycles. The summed E-state index contributed by atoms with van der Waals surface area (Å²) in [6, 6.07) is 10.0. The molecule has 2 N–H and O–H groups in total. The summed E-state index contributed by atoms with van der Waals surface area (Å²) in [6.07, 6.45) is 0. The van der Waals surface area contributed by atoms with E-state index < -0.39 is 0 Å². The summed E-state index contributed by atoms with van der Waals surface area (Å²) in [7, 11) is 0. The highest BCUT2D eigenvalue weighted by Gasteiger charge is 2.17. The lowest BCUT2D eigenvalue weighted by molar-refractivity contribution is 0.567. The third-order valence-electron chi connectivity index (χ3n) is 1.76. The highest BCUT2D eigenvalue weighted by molar-refractivity contribution is 7.80. The van der Waals surface area contributed by atoms with Crippen molar-refractivity contribution in [2.24, 2.45) is 5.73 Å². The van der Waals surface area contributed by atoms with Gasteiger partial charge in [-0.2, -0.15) is 12.6 Å². The predicted octanol–water partition coefficient (Wildman–Crippen LogP) is 1.79. The van der Waals surface area contributed by atoms with Gasteiger partial charge >= 0.3 is 0 Å². The van der Waals surface area contributed by atoms with Crippen molar-refractivity contribution in [3.05, 3.63) is 35.9 Å². The van der Waals surface area contributed by atoms with Crippen LogP contribution in [0, 0.1) is 0 Å². The molecular weight excluding hydrogens is 154 g/mol. The van der Waals surface area contributed by atoms with Gasteiger partial charge in [0, 0.05) is 11.3 Å². The van der Waals surface area contributed by atoms with Crippen molar-refractivity contribution in [2.75, 3.05) is 5.75 Å². The minimum Gasteiger partial charge on any atom is -0.321 e. The van der Waals surface area contributed by atoms with E-state index in [0.717, 1.165) is 5.56 Å². The number of nitrogens with two attached hydrogens (primary N) is 1. The van der Waals surface area contributed by atoms with Crippen molar-refractivity contribution < 1.29 is 0 Å². The molecule has 0 amide bonds. The molecule has 1 aromatic carbocycles. The molecule has 1 aromatic rings. The molecule has 11 heavy (non-hydrogen) atoms. The van der Waals surface area contributed by atoms with E-state index in [1.165, 1.54) is 0 Å². The Bertz CT molecular complexity index is 218. The van der Waals surface area contributed by atoms with Gasteiger partial charge in [0.2, 0.25) is 0 Å². The number of hydrogen-bond acceptors (Lipinski definition) is 2. The summed E-state index contributed by atoms with van der Waals surface area (Å²) < 4.78 is 0. The quantitative estimate of drug-likeness (QED) is 0.645. The molecule has 0 radical (unpaired) electrons. The zero-order chi connectivity index (χ0) is 8.32. The van der Waals surface area contributed by atoms with Crippen LogP contribution in [0.5, 0.6) is 0 Å². The van der Waals surface area contributed by atoms with E-state index in [4.69, 9.17) is 5.73 Å². The standard InChI is InChI=1S/C9H13NS/c1-9(10,7-11)8-5-3-2-4-6-8/h2-6,11H,7,10H2,1H3. The van der Waals surface area contributed by atoms with Gasteiger partial charge in [0.25, 0.3) is 0 Å². The van der Waals surface area contributed by atoms with Crippen LogP contribution in [-0.2, 0) is 5.54 Å². The molecule has 0 bridgehead atoms. The minimum absolute atomic E-state index is 0.301. The molecule has 0 saturated carbocycles. The average molecular weight is 167 g/mol. The third kappa shape index (κ3) is 1.98. The molecule has 1 nitrogen and oxygen atoms in total. The Labute approximate surface area is 73.0 Å². The van der Waals surface area contributed by atoms with Gasteiger partial charge in [-0.3, -0.25) is 0 Å². The molecular formula is C9H13NS. The highest BCUT2D eigenvalue weighted by Crippen LogP contribution is 2.17. The summed E-state index contributed by atoms with van der Waals surface area (Å²) in [6.45, 7) is 1.98. The Morgan fingerprint density at radius 1 is 1.36 bits per heavy atom. The lowest BCUT2D eigenvalue weighted by atomic mass is 9.96. The molecule has 0 saturated heterocycles. The van der Waals surface area contributed by atoms with Gasteiger partial charge in [-0.05, 0) is 12.5 Å². The topological polar surface area (TPSA) is 26.0 Å². The smallest absolute Gasteiger partial charge is 0.0470 e. The average Bonchev–Trinajstić information content (AvgIpc) is 2.06. The maximum atomic E-state index is 5.96. The largest absolute Gasteiger partial charge is 0.321 e. The van der Waals surface area contributed by atoms with Gasteiger partial charge in [-0.25, -0.2) is 0 Å². The maximum Gasteiger partial charge on any atom is 0.0470 e. The lowest BCUT2D eigenvalue weighted by Crippen LogP contribution is -2.34. The van der Waals surface area contributed by atoms with Crippen LogP contribution in [0.15, 0.2) is 30.3 Å². The Morgan fingerprint density at radius 3 is 2.36 bits per heavy atom. The molecule has 0 heterocycles. The van der Waals surface area contributed by atoms with Crippen molar-refractivity contribution in [3.8, 4) is 0 Å². The van der Waals surface area contributed by atoms with Crippen LogP contribution >= 0.6 is 12.6 Å². The predicted molar refractivity (Wildman–Crippen MR) is 51.8 cm³/mol. The number of thiol groups is 1. The first kappa shape index (κ1) is 8.62. The second-order valence-corrected chi connectivity index (χ2v) is 3.26. The normalized spacial score (nSPS) is 15.9. The summed E-state index contributed by atoms with van der Waals surface area (Å²) in [5.41, 5.74) is 6.79. The molecule has 1 atom stereocenters. The molecule has 0 aliphatic carbocycles. The maximum absolute atomic E-state index is 5.96. The first-order chi connectivity index (χ1) is 5.17. The third-order valence-corrected chi connectivity index (χ3v) is 2.42. The first-order valence-corrected chi connectivity index (χ1v) is 4.25. The van der Waals surface area contributed by atoms with Gasteiger partial charge in [-0.1, -0.05) is 30.3 Å². The summed E-state index contributed by atoms with van der Waals surface area (Å²) in [5, 5.41) is 0. The molecule has 0 fully saturated rings. The van der Waals surface area contributed by atoms with Crippen LogP contribution in [0.3, 0.4) is 0 Å². The summed E-state index contributed by atoms with van der Waals surface area (Å²) in [5.74, 6) is 0.664. The Balaban J connectivity index is 2.93. The minimum atomic E-state index is -0.301. The number of rotatable bonds is 2. The number of hydrogen-bond donors (Lipinski definition) is 2. The van der Waals surface area contributed by atoms with Crippen LogP contribution in [0.25, 0.3) is 0 Å².